The van der Waals surface area contributed by atoms with Gasteiger partial charge in [-0.3, -0.25) is 4.79 Å². The summed E-state index contributed by atoms with van der Waals surface area (Å²) < 4.78 is 7.04. The molecule has 5 heteroatoms. The van der Waals surface area contributed by atoms with Gasteiger partial charge in [0, 0.05) is 18.4 Å². The summed E-state index contributed by atoms with van der Waals surface area (Å²) in [7, 11) is 0. The first-order chi connectivity index (χ1) is 12.6. The molecule has 0 radical (unpaired) electrons. The molecule has 0 fully saturated rings. The van der Waals surface area contributed by atoms with Crippen LogP contribution in [0, 0.1) is 6.92 Å². The molecule has 0 saturated heterocycles. The molecule has 0 saturated carbocycles. The maximum atomic E-state index is 12.6. The van der Waals surface area contributed by atoms with Gasteiger partial charge in [0.25, 0.3) is 0 Å². The van der Waals surface area contributed by atoms with Crippen LogP contribution >= 0.6 is 0 Å². The number of nitrogens with zero attached hydrogens (tertiary/aromatic N) is 2. The van der Waals surface area contributed by atoms with Crippen LogP contribution in [0.4, 0.5) is 0 Å². The van der Waals surface area contributed by atoms with Crippen molar-refractivity contribution in [2.24, 2.45) is 0 Å². The third-order valence-electron chi connectivity index (χ3n) is 4.04. The Bertz CT molecular complexity index is 1020. The summed E-state index contributed by atoms with van der Waals surface area (Å²) in [5, 5.41) is 0.423. The number of fused-ring (bicyclic) bond motifs is 1. The molecule has 3 aromatic rings. The zero-order valence-electron chi connectivity index (χ0n) is 14.8. The van der Waals surface area contributed by atoms with Crippen LogP contribution in [0.2, 0.25) is 0 Å². The number of aromatic nitrogens is 2. The molecular formula is C21H20N2O3. The fourth-order valence-corrected chi connectivity index (χ4v) is 2.70. The number of ether oxygens (including phenoxy) is 1. The fourth-order valence-electron chi connectivity index (χ4n) is 2.70. The number of esters is 1. The Morgan fingerprint density at radius 3 is 2.69 bits per heavy atom. The van der Waals surface area contributed by atoms with E-state index < -0.39 is 5.97 Å². The summed E-state index contributed by atoms with van der Waals surface area (Å²) >= 11 is 0. The van der Waals surface area contributed by atoms with Crippen molar-refractivity contribution >= 4 is 23.1 Å². The van der Waals surface area contributed by atoms with Crippen LogP contribution in [-0.2, 0) is 11.3 Å². The van der Waals surface area contributed by atoms with Gasteiger partial charge in [-0.15, -0.1) is 0 Å². The minimum atomic E-state index is -0.627. The van der Waals surface area contributed by atoms with Crippen molar-refractivity contribution in [3.05, 3.63) is 81.8 Å². The van der Waals surface area contributed by atoms with Crippen LogP contribution in [0.1, 0.15) is 28.5 Å². The number of aryl methyl sites for hydroxylation is 2. The minimum Gasteiger partial charge on any atom is -0.458 e. The van der Waals surface area contributed by atoms with Gasteiger partial charge in [-0.2, -0.15) is 0 Å². The summed E-state index contributed by atoms with van der Waals surface area (Å²) in [4.78, 5) is 29.4. The van der Waals surface area contributed by atoms with Crippen LogP contribution in [0.15, 0.2) is 59.5 Å². The number of hydrogen-bond donors (Lipinski definition) is 0. The first-order valence-electron chi connectivity index (χ1n) is 8.49. The Labute approximate surface area is 151 Å². The highest BCUT2D eigenvalue weighted by Crippen LogP contribution is 2.11. The Balaban J connectivity index is 1.82. The number of benzene rings is 1. The minimum absolute atomic E-state index is 0.0260. The Kier molecular flexibility index (Phi) is 5.27. The molecule has 0 unspecified atom stereocenters. The van der Waals surface area contributed by atoms with Crippen LogP contribution in [-0.4, -0.2) is 22.1 Å². The topological polar surface area (TPSA) is 61.2 Å². The molecule has 5 nitrogen and oxygen atoms in total. The molecule has 0 aliphatic rings. The number of carbonyl (C=O) groups is 1. The smallest absolute Gasteiger partial charge is 0.343 e. The van der Waals surface area contributed by atoms with Crippen LogP contribution in [0.3, 0.4) is 0 Å². The molecule has 0 atom stereocenters. The van der Waals surface area contributed by atoms with Gasteiger partial charge in [0.1, 0.15) is 17.8 Å². The molecule has 132 valence electrons. The Hall–Kier alpha value is -3.21. The van der Waals surface area contributed by atoms with Gasteiger partial charge in [0.2, 0.25) is 5.43 Å². The predicted molar refractivity (Wildman–Crippen MR) is 102 cm³/mol. The molecule has 0 aliphatic heterocycles. The lowest BCUT2D eigenvalue weighted by molar-refractivity contribution is 0.0548. The molecule has 0 aliphatic carbocycles. The number of carbonyl (C=O) groups excluding carboxylic acids is 1. The van der Waals surface area contributed by atoms with E-state index in [0.29, 0.717) is 17.6 Å². The van der Waals surface area contributed by atoms with Crippen molar-refractivity contribution in [3.63, 3.8) is 0 Å². The molecule has 26 heavy (non-hydrogen) atoms. The number of rotatable bonds is 5. The monoisotopic (exact) mass is 348 g/mol. The molecule has 2 heterocycles. The molecule has 0 amide bonds. The zero-order chi connectivity index (χ0) is 18.5. The van der Waals surface area contributed by atoms with Gasteiger partial charge in [-0.25, -0.2) is 9.78 Å². The van der Waals surface area contributed by atoms with Gasteiger partial charge in [0.05, 0.1) is 5.39 Å². The summed E-state index contributed by atoms with van der Waals surface area (Å²) in [6.07, 6.45) is 5.14. The molecule has 0 N–H and O–H groups in total. The average molecular weight is 348 g/mol. The highest BCUT2D eigenvalue weighted by atomic mass is 16.5. The van der Waals surface area contributed by atoms with Gasteiger partial charge < -0.3 is 9.30 Å². The third-order valence-corrected chi connectivity index (χ3v) is 4.04. The SMILES string of the molecule is CCn1cc(C(=O)OC/C=C\c2ccccc2)c(=O)c2ccc(C)nc21. The van der Waals surface area contributed by atoms with Crippen molar-refractivity contribution in [3.8, 4) is 0 Å². The lowest BCUT2D eigenvalue weighted by atomic mass is 10.2. The van der Waals surface area contributed by atoms with Gasteiger partial charge in [-0.1, -0.05) is 36.4 Å². The van der Waals surface area contributed by atoms with E-state index in [4.69, 9.17) is 4.74 Å². The Morgan fingerprint density at radius 2 is 1.96 bits per heavy atom. The maximum Gasteiger partial charge on any atom is 0.343 e. The zero-order valence-corrected chi connectivity index (χ0v) is 14.8. The molecule has 0 bridgehead atoms. The van der Waals surface area contributed by atoms with E-state index in [0.717, 1.165) is 11.3 Å². The maximum absolute atomic E-state index is 12.6. The van der Waals surface area contributed by atoms with E-state index in [1.54, 1.807) is 22.8 Å². The van der Waals surface area contributed by atoms with E-state index in [1.807, 2.05) is 50.3 Å². The summed E-state index contributed by atoms with van der Waals surface area (Å²) in [5.74, 6) is -0.627. The second kappa shape index (κ2) is 7.78. The summed E-state index contributed by atoms with van der Waals surface area (Å²) in [6, 6.07) is 13.2. The van der Waals surface area contributed by atoms with Crippen LogP contribution in [0.5, 0.6) is 0 Å². The van der Waals surface area contributed by atoms with E-state index >= 15 is 0 Å². The lowest BCUT2D eigenvalue weighted by Gasteiger charge is -2.10. The summed E-state index contributed by atoms with van der Waals surface area (Å²) in [5.41, 5.74) is 2.09. The van der Waals surface area contributed by atoms with E-state index in [2.05, 4.69) is 4.98 Å². The standard InChI is InChI=1S/C21H20N2O3/c1-3-23-14-18(19(24)17-12-11-15(2)22-20(17)23)21(25)26-13-7-10-16-8-5-4-6-9-16/h4-12,14H,3,13H2,1-2H3/b10-7-. The van der Waals surface area contributed by atoms with Crippen molar-refractivity contribution < 1.29 is 9.53 Å². The van der Waals surface area contributed by atoms with Gasteiger partial charge >= 0.3 is 5.97 Å². The van der Waals surface area contributed by atoms with Crippen molar-refractivity contribution in [1.29, 1.82) is 0 Å². The molecule has 2 aromatic heterocycles. The van der Waals surface area contributed by atoms with Crippen molar-refractivity contribution in [1.82, 2.24) is 9.55 Å². The second-order valence-corrected chi connectivity index (χ2v) is 5.89. The van der Waals surface area contributed by atoms with Crippen LogP contribution in [0.25, 0.3) is 17.1 Å². The van der Waals surface area contributed by atoms with Gasteiger partial charge in [-0.05, 0) is 37.6 Å². The van der Waals surface area contributed by atoms with Crippen LogP contribution < -0.4 is 5.43 Å². The quantitative estimate of drug-likeness (QED) is 0.661. The Morgan fingerprint density at radius 1 is 1.19 bits per heavy atom. The highest BCUT2D eigenvalue weighted by molar-refractivity contribution is 5.93. The highest BCUT2D eigenvalue weighted by Gasteiger charge is 2.16. The van der Waals surface area contributed by atoms with E-state index in [-0.39, 0.29) is 17.6 Å². The third kappa shape index (κ3) is 3.72. The van der Waals surface area contributed by atoms with E-state index in [1.165, 1.54) is 6.20 Å². The second-order valence-electron chi connectivity index (χ2n) is 5.89. The van der Waals surface area contributed by atoms with E-state index in [9.17, 15) is 9.59 Å². The molecule has 3 rings (SSSR count). The van der Waals surface area contributed by atoms with Crippen molar-refractivity contribution in [2.45, 2.75) is 20.4 Å². The summed E-state index contributed by atoms with van der Waals surface area (Å²) in [6.45, 7) is 4.50. The fraction of sp³-hybridized carbons (Fsp3) is 0.190. The molecular weight excluding hydrogens is 328 g/mol. The number of pyridine rings is 2. The normalized spacial score (nSPS) is 11.2. The first kappa shape index (κ1) is 17.6. The van der Waals surface area contributed by atoms with Crippen molar-refractivity contribution in [2.75, 3.05) is 6.61 Å². The first-order valence-corrected chi connectivity index (χ1v) is 8.49. The predicted octanol–water partition coefficient (Wildman–Crippen LogP) is 3.60. The number of hydrogen-bond acceptors (Lipinski definition) is 4. The lowest BCUT2D eigenvalue weighted by Crippen LogP contribution is -2.21. The largest absolute Gasteiger partial charge is 0.458 e. The average Bonchev–Trinajstić information content (AvgIpc) is 2.66. The molecule has 0 spiro atoms. The molecule has 1 aromatic carbocycles. The van der Waals surface area contributed by atoms with Gasteiger partial charge in [0.15, 0.2) is 0 Å².